The van der Waals surface area contributed by atoms with Crippen LogP contribution in [0.15, 0.2) is 53.4 Å². The van der Waals surface area contributed by atoms with Crippen LogP contribution >= 0.6 is 0 Å². The van der Waals surface area contributed by atoms with Gasteiger partial charge in [-0.25, -0.2) is 12.7 Å². The summed E-state index contributed by atoms with van der Waals surface area (Å²) in [5.74, 6) is -0.787. The molecule has 2 aromatic rings. The second kappa shape index (κ2) is 8.57. The third-order valence-corrected chi connectivity index (χ3v) is 7.31. The number of nitrogens with one attached hydrogen (secondary N) is 1. The molecule has 0 spiro atoms. The molecule has 1 aliphatic carbocycles. The molecule has 1 saturated carbocycles. The van der Waals surface area contributed by atoms with Crippen molar-refractivity contribution < 1.29 is 23.1 Å². The van der Waals surface area contributed by atoms with E-state index in [4.69, 9.17) is 0 Å². The quantitative estimate of drug-likeness (QED) is 0.703. The number of carbonyl (C=O) groups is 2. The number of rotatable bonds is 7. The maximum absolute atomic E-state index is 13.5. The van der Waals surface area contributed by atoms with Gasteiger partial charge in [0.05, 0.1) is 23.5 Å². The number of aliphatic hydroxyl groups is 1. The molecular formula is C22H26N2O5S. The maximum atomic E-state index is 13.5. The highest BCUT2D eigenvalue weighted by atomic mass is 32.2. The van der Waals surface area contributed by atoms with Gasteiger partial charge in [0.15, 0.2) is 0 Å². The standard InChI is InChI=1S/C22H26N2O5S/c1-16-4-6-18(7-5-16)22(12-3-13-22)21(27)24(14-15-25)30(28,29)20-10-8-19(9-11-20)23-17(2)26/h4-11,25H,3,12-15H2,1-2H3,(H,23,26). The number of aliphatic hydroxyl groups excluding tert-OH is 1. The van der Waals surface area contributed by atoms with E-state index in [1.54, 1.807) is 0 Å². The van der Waals surface area contributed by atoms with Crippen LogP contribution in [0.3, 0.4) is 0 Å². The average molecular weight is 431 g/mol. The van der Waals surface area contributed by atoms with Crippen LogP contribution < -0.4 is 5.32 Å². The fraction of sp³-hybridized carbons (Fsp3) is 0.364. The highest BCUT2D eigenvalue weighted by molar-refractivity contribution is 7.89. The lowest BCUT2D eigenvalue weighted by molar-refractivity contribution is -0.136. The van der Waals surface area contributed by atoms with Gasteiger partial charge < -0.3 is 10.4 Å². The van der Waals surface area contributed by atoms with E-state index in [2.05, 4.69) is 5.32 Å². The van der Waals surface area contributed by atoms with Crippen LogP contribution in [0.1, 0.15) is 37.3 Å². The van der Waals surface area contributed by atoms with Crippen LogP contribution in [-0.4, -0.2) is 42.8 Å². The predicted molar refractivity (Wildman–Crippen MR) is 113 cm³/mol. The molecule has 2 N–H and O–H groups in total. The smallest absolute Gasteiger partial charge is 0.266 e. The lowest BCUT2D eigenvalue weighted by Crippen LogP contribution is -2.53. The Labute approximate surface area is 176 Å². The molecule has 0 saturated heterocycles. The lowest BCUT2D eigenvalue weighted by atomic mass is 9.63. The van der Waals surface area contributed by atoms with E-state index in [-0.39, 0.29) is 17.3 Å². The molecule has 0 radical (unpaired) electrons. The fourth-order valence-electron chi connectivity index (χ4n) is 3.73. The van der Waals surface area contributed by atoms with Crippen molar-refractivity contribution in [2.45, 2.75) is 43.4 Å². The zero-order valence-electron chi connectivity index (χ0n) is 17.1. The first-order chi connectivity index (χ1) is 14.2. The summed E-state index contributed by atoms with van der Waals surface area (Å²) in [6, 6.07) is 13.2. The summed E-state index contributed by atoms with van der Waals surface area (Å²) in [7, 11) is -4.17. The second-order valence-electron chi connectivity index (χ2n) is 7.61. The van der Waals surface area contributed by atoms with E-state index in [0.29, 0.717) is 18.5 Å². The molecule has 2 amide bonds. The van der Waals surface area contributed by atoms with Crippen LogP contribution in [0.5, 0.6) is 0 Å². The predicted octanol–water partition coefficient (Wildman–Crippen LogP) is 2.58. The third kappa shape index (κ3) is 4.11. The SMILES string of the molecule is CC(=O)Nc1ccc(S(=O)(=O)N(CCO)C(=O)C2(c3ccc(C)cc3)CCC2)cc1. The van der Waals surface area contributed by atoms with Gasteiger partial charge in [0.1, 0.15) is 0 Å². The van der Waals surface area contributed by atoms with E-state index >= 15 is 0 Å². The van der Waals surface area contributed by atoms with Gasteiger partial charge in [0.25, 0.3) is 10.0 Å². The van der Waals surface area contributed by atoms with E-state index < -0.39 is 28.0 Å². The van der Waals surface area contributed by atoms with E-state index in [1.165, 1.54) is 31.2 Å². The Kier molecular flexibility index (Phi) is 6.28. The van der Waals surface area contributed by atoms with Gasteiger partial charge in [-0.1, -0.05) is 36.2 Å². The molecule has 8 heteroatoms. The van der Waals surface area contributed by atoms with Crippen molar-refractivity contribution >= 4 is 27.5 Å². The van der Waals surface area contributed by atoms with Gasteiger partial charge in [-0.15, -0.1) is 0 Å². The Morgan fingerprint density at radius 3 is 2.13 bits per heavy atom. The molecule has 1 aliphatic rings. The van der Waals surface area contributed by atoms with Crippen molar-refractivity contribution in [2.24, 2.45) is 0 Å². The Bertz CT molecular complexity index is 1030. The van der Waals surface area contributed by atoms with Gasteiger partial charge >= 0.3 is 0 Å². The van der Waals surface area contributed by atoms with Crippen molar-refractivity contribution in [1.82, 2.24) is 4.31 Å². The first-order valence-corrected chi connectivity index (χ1v) is 11.3. The van der Waals surface area contributed by atoms with Crippen LogP contribution in [0.2, 0.25) is 0 Å². The van der Waals surface area contributed by atoms with Crippen molar-refractivity contribution in [3.05, 3.63) is 59.7 Å². The zero-order valence-corrected chi connectivity index (χ0v) is 17.9. The van der Waals surface area contributed by atoms with Crippen molar-refractivity contribution in [1.29, 1.82) is 0 Å². The van der Waals surface area contributed by atoms with E-state index in [9.17, 15) is 23.1 Å². The molecule has 1 fully saturated rings. The summed E-state index contributed by atoms with van der Waals surface area (Å²) in [5, 5.41) is 12.1. The summed E-state index contributed by atoms with van der Waals surface area (Å²) in [6.45, 7) is 2.52. The number of hydrogen-bond acceptors (Lipinski definition) is 5. The topological polar surface area (TPSA) is 104 Å². The third-order valence-electron chi connectivity index (χ3n) is 5.51. The summed E-state index contributed by atoms with van der Waals surface area (Å²) in [4.78, 5) is 24.6. The summed E-state index contributed by atoms with van der Waals surface area (Å²) < 4.78 is 27.3. The highest BCUT2D eigenvalue weighted by Gasteiger charge is 2.50. The summed E-state index contributed by atoms with van der Waals surface area (Å²) >= 11 is 0. The van der Waals surface area contributed by atoms with Crippen LogP contribution in [-0.2, 0) is 25.0 Å². The summed E-state index contributed by atoms with van der Waals surface area (Å²) in [5.41, 5.74) is 1.41. The normalized spacial score (nSPS) is 15.2. The molecular weight excluding hydrogens is 404 g/mol. The van der Waals surface area contributed by atoms with E-state index in [0.717, 1.165) is 21.9 Å². The number of sulfonamides is 1. The molecule has 0 aliphatic heterocycles. The van der Waals surface area contributed by atoms with Gasteiger partial charge in [0.2, 0.25) is 11.8 Å². The molecule has 160 valence electrons. The first kappa shape index (κ1) is 22.0. The number of anilines is 1. The van der Waals surface area contributed by atoms with Gasteiger partial charge in [0, 0.05) is 12.6 Å². The average Bonchev–Trinajstić information content (AvgIpc) is 2.66. The van der Waals surface area contributed by atoms with E-state index in [1.807, 2.05) is 31.2 Å². The number of carbonyl (C=O) groups excluding carboxylic acids is 2. The number of nitrogens with zero attached hydrogens (tertiary/aromatic N) is 1. The van der Waals surface area contributed by atoms with Gasteiger partial charge in [-0.05, 0) is 49.6 Å². The van der Waals surface area contributed by atoms with Crippen LogP contribution in [0.25, 0.3) is 0 Å². The molecule has 0 unspecified atom stereocenters. The fourth-order valence-corrected chi connectivity index (χ4v) is 5.18. The Morgan fingerprint density at radius 1 is 1.07 bits per heavy atom. The molecule has 0 aromatic heterocycles. The van der Waals surface area contributed by atoms with Crippen LogP contribution in [0.4, 0.5) is 5.69 Å². The minimum atomic E-state index is -4.17. The molecule has 30 heavy (non-hydrogen) atoms. The number of aryl methyl sites for hydroxylation is 1. The number of amides is 2. The monoisotopic (exact) mass is 430 g/mol. The second-order valence-corrected chi connectivity index (χ2v) is 9.48. The minimum Gasteiger partial charge on any atom is -0.394 e. The maximum Gasteiger partial charge on any atom is 0.266 e. The Morgan fingerprint density at radius 2 is 1.67 bits per heavy atom. The van der Waals surface area contributed by atoms with Gasteiger partial charge in [-0.2, -0.15) is 0 Å². The molecule has 0 bridgehead atoms. The van der Waals surface area contributed by atoms with Crippen molar-refractivity contribution in [2.75, 3.05) is 18.5 Å². The highest BCUT2D eigenvalue weighted by Crippen LogP contribution is 2.46. The molecule has 0 heterocycles. The molecule has 2 aromatic carbocycles. The number of hydrogen-bond donors (Lipinski definition) is 2. The molecule has 7 nitrogen and oxygen atoms in total. The number of benzene rings is 2. The largest absolute Gasteiger partial charge is 0.394 e. The minimum absolute atomic E-state index is 0.0724. The van der Waals surface area contributed by atoms with Gasteiger partial charge in [-0.3, -0.25) is 9.59 Å². The summed E-state index contributed by atoms with van der Waals surface area (Å²) in [6.07, 6.45) is 1.96. The molecule has 0 atom stereocenters. The molecule has 3 rings (SSSR count). The van der Waals surface area contributed by atoms with Crippen molar-refractivity contribution in [3.8, 4) is 0 Å². The lowest BCUT2D eigenvalue weighted by Gasteiger charge is -2.43. The Balaban J connectivity index is 1.96. The van der Waals surface area contributed by atoms with Crippen molar-refractivity contribution in [3.63, 3.8) is 0 Å². The Hall–Kier alpha value is -2.71. The zero-order chi connectivity index (χ0) is 21.9. The van der Waals surface area contributed by atoms with Crippen LogP contribution in [0, 0.1) is 6.92 Å². The first-order valence-electron chi connectivity index (χ1n) is 9.83.